The van der Waals surface area contributed by atoms with Crippen LogP contribution in [0, 0.1) is 0 Å². The number of benzene rings is 6. The van der Waals surface area contributed by atoms with Crippen molar-refractivity contribution in [2.24, 2.45) is 0 Å². The van der Waals surface area contributed by atoms with E-state index in [4.69, 9.17) is 27.6 Å². The molecular weight excluding hydrogens is 706 g/mol. The minimum atomic E-state index is -4.05. The maximum Gasteiger partial charge on any atom is 0.361 e. The molecule has 0 aliphatic heterocycles. The highest BCUT2D eigenvalue weighted by atomic mass is 31.2. The maximum atomic E-state index is 15.0. The number of para-hydroxylation sites is 2. The molecule has 0 amide bonds. The van der Waals surface area contributed by atoms with Gasteiger partial charge in [-0.3, -0.25) is 9.13 Å². The quantitative estimate of drug-likeness (QED) is 0.102. The van der Waals surface area contributed by atoms with Gasteiger partial charge in [-0.25, -0.2) is 0 Å². The number of hydrogen-bond acceptors (Lipinski definition) is 8. The summed E-state index contributed by atoms with van der Waals surface area (Å²) in [5.74, 6) is 2.08. The van der Waals surface area contributed by atoms with E-state index in [1.807, 2.05) is 159 Å². The van der Waals surface area contributed by atoms with Crippen molar-refractivity contribution >= 4 is 25.8 Å². The summed E-state index contributed by atoms with van der Waals surface area (Å²) in [5.41, 5.74) is 2.63. The second kappa shape index (κ2) is 16.1. The summed E-state index contributed by atoms with van der Waals surface area (Å²) in [6, 6.07) is 45.2. The van der Waals surface area contributed by atoms with E-state index >= 15 is 0 Å². The summed E-state index contributed by atoms with van der Waals surface area (Å²) >= 11 is 0. The Labute approximate surface area is 311 Å². The van der Waals surface area contributed by atoms with Gasteiger partial charge in [0, 0.05) is 45.0 Å². The number of rotatable bonds is 14. The van der Waals surface area contributed by atoms with Crippen molar-refractivity contribution in [1.82, 2.24) is 0 Å². The fraction of sp³-hybridized carbons (Fsp3) is 0.163. The summed E-state index contributed by atoms with van der Waals surface area (Å²) in [4.78, 5) is 0. The fourth-order valence-electron chi connectivity index (χ4n) is 6.55. The van der Waals surface area contributed by atoms with Crippen LogP contribution in [-0.4, -0.2) is 28.4 Å². The third-order valence-corrected chi connectivity index (χ3v) is 13.1. The van der Waals surface area contributed by atoms with Gasteiger partial charge in [0.05, 0.1) is 10.6 Å². The minimum Gasteiger partial charge on any atom is -0.457 e. The molecule has 0 aromatic heterocycles. The Bertz CT molecular complexity index is 2080. The molecule has 6 rings (SSSR count). The molecular formula is C43H42O8P2. The summed E-state index contributed by atoms with van der Waals surface area (Å²) < 4.78 is 66.0. The molecule has 10 heteroatoms. The predicted molar refractivity (Wildman–Crippen MR) is 211 cm³/mol. The number of hydrogen-bond donors (Lipinski definition) is 0. The van der Waals surface area contributed by atoms with Gasteiger partial charge in [-0.1, -0.05) is 123 Å². The highest BCUT2D eigenvalue weighted by molar-refractivity contribution is 7.63. The van der Waals surface area contributed by atoms with Crippen LogP contribution in [0.4, 0.5) is 0 Å². The van der Waals surface area contributed by atoms with Crippen LogP contribution in [0.15, 0.2) is 146 Å². The van der Waals surface area contributed by atoms with Crippen LogP contribution in [0.5, 0.6) is 23.0 Å². The second-order valence-electron chi connectivity index (χ2n) is 12.6. The lowest BCUT2D eigenvalue weighted by molar-refractivity contribution is 0.286. The molecule has 0 heterocycles. The van der Waals surface area contributed by atoms with Crippen molar-refractivity contribution in [1.29, 1.82) is 0 Å². The molecule has 0 aliphatic rings. The van der Waals surface area contributed by atoms with Gasteiger partial charge in [0.1, 0.15) is 23.0 Å². The van der Waals surface area contributed by atoms with E-state index in [0.29, 0.717) is 55.9 Å². The molecule has 0 unspecified atom stereocenters. The lowest BCUT2D eigenvalue weighted by Gasteiger charge is -2.35. The first-order valence-electron chi connectivity index (χ1n) is 17.0. The van der Waals surface area contributed by atoms with Crippen molar-refractivity contribution in [3.05, 3.63) is 157 Å². The van der Waals surface area contributed by atoms with Crippen molar-refractivity contribution in [2.45, 2.75) is 19.3 Å². The largest absolute Gasteiger partial charge is 0.457 e. The average Bonchev–Trinajstić information content (AvgIpc) is 3.21. The lowest BCUT2D eigenvalue weighted by atomic mass is 9.76. The standard InChI is InChI=1S/C43H42O8P2/c1-43(2,35-27-29-37(50-33-23-15-9-16-24-33)39(31-19-11-7-12-20-31)41(35)52(44,46-3)47-4)36-28-30-38(51-34-25-17-10-18-26-34)40(32-21-13-8-14-22-32)42(36)53(45,48-5)49-6/h7-30H,1-6H3. The Morgan fingerprint density at radius 1 is 0.415 bits per heavy atom. The van der Waals surface area contributed by atoms with Gasteiger partial charge in [-0.15, -0.1) is 0 Å². The summed E-state index contributed by atoms with van der Waals surface area (Å²) in [7, 11) is -2.67. The van der Waals surface area contributed by atoms with E-state index in [0.717, 1.165) is 11.1 Å². The molecule has 0 fully saturated rings. The molecule has 0 bridgehead atoms. The molecule has 0 radical (unpaired) electrons. The SMILES string of the molecule is COP(=O)(OC)c1c(C(C)(C)c2ccc(Oc3ccccc3)c(-c3ccccc3)c2P(=O)(OC)OC)ccc(Oc2ccccc2)c1-c1ccccc1. The van der Waals surface area contributed by atoms with Gasteiger partial charge in [0.2, 0.25) is 0 Å². The Kier molecular flexibility index (Phi) is 11.5. The van der Waals surface area contributed by atoms with Crippen LogP contribution in [0.25, 0.3) is 22.3 Å². The van der Waals surface area contributed by atoms with Gasteiger partial charge in [-0.05, 0) is 58.7 Å². The predicted octanol–water partition coefficient (Wildman–Crippen LogP) is 11.2. The smallest absolute Gasteiger partial charge is 0.361 e. The highest BCUT2D eigenvalue weighted by Gasteiger charge is 2.44. The first-order chi connectivity index (χ1) is 25.6. The zero-order valence-corrected chi connectivity index (χ0v) is 32.3. The second-order valence-corrected chi connectivity index (χ2v) is 16.9. The van der Waals surface area contributed by atoms with E-state index < -0.39 is 20.6 Å². The molecule has 0 N–H and O–H groups in total. The van der Waals surface area contributed by atoms with E-state index in [2.05, 4.69) is 0 Å². The Morgan fingerprint density at radius 3 is 1.02 bits per heavy atom. The maximum absolute atomic E-state index is 15.0. The first kappa shape index (κ1) is 38.0. The Morgan fingerprint density at radius 2 is 0.717 bits per heavy atom. The molecule has 6 aromatic rings. The molecule has 53 heavy (non-hydrogen) atoms. The third kappa shape index (κ3) is 7.53. The van der Waals surface area contributed by atoms with Gasteiger partial charge < -0.3 is 27.6 Å². The van der Waals surface area contributed by atoms with Crippen molar-refractivity contribution in [2.75, 3.05) is 28.4 Å². The summed E-state index contributed by atoms with van der Waals surface area (Å²) in [5, 5.41) is 0.599. The van der Waals surface area contributed by atoms with Crippen LogP contribution in [0.2, 0.25) is 0 Å². The van der Waals surface area contributed by atoms with Crippen molar-refractivity contribution in [3.8, 4) is 45.3 Å². The van der Waals surface area contributed by atoms with Gasteiger partial charge in [-0.2, -0.15) is 0 Å². The summed E-state index contributed by atoms with van der Waals surface area (Å²) in [6.07, 6.45) is 0. The third-order valence-electron chi connectivity index (χ3n) is 9.20. The fourth-order valence-corrected chi connectivity index (χ4v) is 9.90. The number of ether oxygens (including phenoxy) is 2. The molecule has 6 aromatic carbocycles. The Balaban J connectivity index is 1.72. The van der Waals surface area contributed by atoms with Gasteiger partial charge in [0.25, 0.3) is 0 Å². The molecule has 0 spiro atoms. The van der Waals surface area contributed by atoms with Gasteiger partial charge in [0.15, 0.2) is 0 Å². The molecule has 8 nitrogen and oxygen atoms in total. The molecule has 0 saturated carbocycles. The monoisotopic (exact) mass is 748 g/mol. The molecule has 272 valence electrons. The molecule has 0 atom stereocenters. The van der Waals surface area contributed by atoms with E-state index in [-0.39, 0.29) is 0 Å². The Hall–Kier alpha value is -4.78. The van der Waals surface area contributed by atoms with Crippen LogP contribution in [0.3, 0.4) is 0 Å². The van der Waals surface area contributed by atoms with Gasteiger partial charge >= 0.3 is 15.2 Å². The van der Waals surface area contributed by atoms with Crippen LogP contribution in [0.1, 0.15) is 25.0 Å². The van der Waals surface area contributed by atoms with Crippen LogP contribution >= 0.6 is 15.2 Å². The minimum absolute atomic E-state index is 0.300. The zero-order chi connectivity index (χ0) is 37.6. The van der Waals surface area contributed by atoms with E-state index in [1.54, 1.807) is 0 Å². The zero-order valence-electron chi connectivity index (χ0n) is 30.5. The van der Waals surface area contributed by atoms with Crippen molar-refractivity contribution in [3.63, 3.8) is 0 Å². The van der Waals surface area contributed by atoms with Crippen LogP contribution in [-0.2, 0) is 32.6 Å². The molecule has 0 aliphatic carbocycles. The summed E-state index contributed by atoms with van der Waals surface area (Å²) in [6.45, 7) is 3.93. The van der Waals surface area contributed by atoms with Crippen molar-refractivity contribution < 1.29 is 36.7 Å². The first-order valence-corrected chi connectivity index (χ1v) is 20.0. The van der Waals surface area contributed by atoms with E-state index in [1.165, 1.54) is 28.4 Å². The normalized spacial score (nSPS) is 12.0. The molecule has 0 saturated heterocycles. The van der Waals surface area contributed by atoms with E-state index in [9.17, 15) is 9.13 Å². The highest BCUT2D eigenvalue weighted by Crippen LogP contribution is 2.56. The lowest BCUT2D eigenvalue weighted by Crippen LogP contribution is -2.34. The topological polar surface area (TPSA) is 89.5 Å². The van der Waals surface area contributed by atoms with Crippen LogP contribution < -0.4 is 20.1 Å². The average molecular weight is 749 g/mol.